The maximum atomic E-state index is 12.0. The molecule has 1 aromatic heterocycles. The van der Waals surface area contributed by atoms with Gasteiger partial charge in [0.25, 0.3) is 0 Å². The first-order valence-corrected chi connectivity index (χ1v) is 7.03. The van der Waals surface area contributed by atoms with E-state index < -0.39 is 5.97 Å². The van der Waals surface area contributed by atoms with E-state index in [9.17, 15) is 4.79 Å². The average molecular weight is 338 g/mol. The maximum absolute atomic E-state index is 12.0. The van der Waals surface area contributed by atoms with Crippen molar-refractivity contribution in [3.63, 3.8) is 0 Å². The Bertz CT molecular complexity index is 623. The number of aromatic nitrogens is 2. The second-order valence-corrected chi connectivity index (χ2v) is 5.55. The van der Waals surface area contributed by atoms with E-state index in [-0.39, 0.29) is 12.6 Å². The van der Waals surface area contributed by atoms with Crippen LogP contribution >= 0.6 is 15.9 Å². The van der Waals surface area contributed by atoms with Crippen LogP contribution < -0.4 is 5.73 Å². The SMILES string of the molecule is CC(C)n1ccc(COC(=O)c2cc(N)ccc2Br)n1. The van der Waals surface area contributed by atoms with Crippen molar-refractivity contribution < 1.29 is 9.53 Å². The van der Waals surface area contributed by atoms with Crippen molar-refractivity contribution in [1.82, 2.24) is 9.78 Å². The Morgan fingerprint density at radius 2 is 2.20 bits per heavy atom. The first-order chi connectivity index (χ1) is 9.47. The van der Waals surface area contributed by atoms with Gasteiger partial charge in [-0.05, 0) is 54.0 Å². The van der Waals surface area contributed by atoms with Crippen molar-refractivity contribution in [3.8, 4) is 0 Å². The van der Waals surface area contributed by atoms with E-state index in [0.29, 0.717) is 21.4 Å². The third-order valence-electron chi connectivity index (χ3n) is 2.75. The molecule has 106 valence electrons. The fourth-order valence-corrected chi connectivity index (χ4v) is 2.07. The fourth-order valence-electron chi connectivity index (χ4n) is 1.66. The molecule has 20 heavy (non-hydrogen) atoms. The molecule has 2 N–H and O–H groups in total. The van der Waals surface area contributed by atoms with Crippen LogP contribution in [0.15, 0.2) is 34.9 Å². The number of carbonyl (C=O) groups is 1. The number of halogens is 1. The molecule has 0 aliphatic rings. The molecule has 2 aromatic rings. The molecule has 5 nitrogen and oxygen atoms in total. The Morgan fingerprint density at radius 1 is 1.45 bits per heavy atom. The molecule has 6 heteroatoms. The highest BCUT2D eigenvalue weighted by molar-refractivity contribution is 9.10. The van der Waals surface area contributed by atoms with Gasteiger partial charge in [0.2, 0.25) is 0 Å². The number of hydrogen-bond donors (Lipinski definition) is 1. The van der Waals surface area contributed by atoms with Crippen molar-refractivity contribution in [3.05, 3.63) is 46.2 Å². The van der Waals surface area contributed by atoms with Gasteiger partial charge in [-0.2, -0.15) is 5.10 Å². The highest BCUT2D eigenvalue weighted by Gasteiger charge is 2.13. The van der Waals surface area contributed by atoms with Crippen LogP contribution in [0, 0.1) is 0 Å². The lowest BCUT2D eigenvalue weighted by Gasteiger charge is -2.06. The largest absolute Gasteiger partial charge is 0.455 e. The van der Waals surface area contributed by atoms with Gasteiger partial charge in [0.1, 0.15) is 6.61 Å². The van der Waals surface area contributed by atoms with Gasteiger partial charge in [-0.15, -0.1) is 0 Å². The van der Waals surface area contributed by atoms with Crippen LogP contribution in [-0.2, 0) is 11.3 Å². The van der Waals surface area contributed by atoms with Crippen LogP contribution in [0.2, 0.25) is 0 Å². The van der Waals surface area contributed by atoms with Crippen LogP contribution in [0.3, 0.4) is 0 Å². The number of hydrogen-bond acceptors (Lipinski definition) is 4. The number of nitrogen functional groups attached to an aromatic ring is 1. The number of rotatable bonds is 4. The van der Waals surface area contributed by atoms with E-state index in [4.69, 9.17) is 10.5 Å². The molecule has 0 spiro atoms. The van der Waals surface area contributed by atoms with E-state index in [1.165, 1.54) is 0 Å². The number of ether oxygens (including phenoxy) is 1. The van der Waals surface area contributed by atoms with Crippen LogP contribution in [-0.4, -0.2) is 15.7 Å². The van der Waals surface area contributed by atoms with E-state index in [2.05, 4.69) is 21.0 Å². The Kier molecular flexibility index (Phi) is 4.44. The van der Waals surface area contributed by atoms with E-state index in [1.807, 2.05) is 30.8 Å². The van der Waals surface area contributed by atoms with E-state index >= 15 is 0 Å². The van der Waals surface area contributed by atoms with Crippen molar-refractivity contribution >= 4 is 27.6 Å². The predicted molar refractivity (Wildman–Crippen MR) is 80.3 cm³/mol. The summed E-state index contributed by atoms with van der Waals surface area (Å²) in [6.07, 6.45) is 1.87. The molecule has 0 saturated heterocycles. The third kappa shape index (κ3) is 3.39. The molecule has 0 atom stereocenters. The number of esters is 1. The van der Waals surface area contributed by atoms with Crippen LogP contribution in [0.5, 0.6) is 0 Å². The molecule has 0 radical (unpaired) electrons. The first-order valence-electron chi connectivity index (χ1n) is 6.23. The molecule has 0 saturated carbocycles. The Balaban J connectivity index is 2.02. The summed E-state index contributed by atoms with van der Waals surface area (Å²) in [7, 11) is 0. The van der Waals surface area contributed by atoms with Gasteiger partial charge in [0.05, 0.1) is 11.3 Å². The summed E-state index contributed by atoms with van der Waals surface area (Å²) in [4.78, 5) is 12.0. The van der Waals surface area contributed by atoms with Gasteiger partial charge in [0.15, 0.2) is 0 Å². The molecular weight excluding hydrogens is 322 g/mol. The van der Waals surface area contributed by atoms with Gasteiger partial charge in [-0.3, -0.25) is 4.68 Å². The van der Waals surface area contributed by atoms with Crippen molar-refractivity contribution in [1.29, 1.82) is 0 Å². The molecule has 0 unspecified atom stereocenters. The second kappa shape index (κ2) is 6.09. The van der Waals surface area contributed by atoms with E-state index in [0.717, 1.165) is 0 Å². The average Bonchev–Trinajstić information content (AvgIpc) is 2.88. The molecular formula is C14H16BrN3O2. The lowest BCUT2D eigenvalue weighted by Crippen LogP contribution is -2.08. The van der Waals surface area contributed by atoms with Gasteiger partial charge in [-0.1, -0.05) is 0 Å². The smallest absolute Gasteiger partial charge is 0.339 e. The Hall–Kier alpha value is -1.82. The van der Waals surface area contributed by atoms with Crippen LogP contribution in [0.4, 0.5) is 5.69 Å². The first kappa shape index (κ1) is 14.6. The molecule has 1 aromatic carbocycles. The van der Waals surface area contributed by atoms with Crippen LogP contribution in [0.1, 0.15) is 35.9 Å². The number of nitrogens with zero attached hydrogens (tertiary/aromatic N) is 2. The maximum Gasteiger partial charge on any atom is 0.339 e. The Labute approximate surface area is 125 Å². The van der Waals surface area contributed by atoms with Gasteiger partial charge < -0.3 is 10.5 Å². The summed E-state index contributed by atoms with van der Waals surface area (Å²) in [5.41, 5.74) is 7.31. The second-order valence-electron chi connectivity index (χ2n) is 4.70. The van der Waals surface area contributed by atoms with E-state index in [1.54, 1.807) is 18.2 Å². The van der Waals surface area contributed by atoms with Crippen molar-refractivity contribution in [2.45, 2.75) is 26.5 Å². The third-order valence-corrected chi connectivity index (χ3v) is 3.45. The number of benzene rings is 1. The van der Waals surface area contributed by atoms with Gasteiger partial charge in [-0.25, -0.2) is 4.79 Å². The topological polar surface area (TPSA) is 70.1 Å². The zero-order chi connectivity index (χ0) is 14.7. The normalized spacial score (nSPS) is 10.8. The number of carbonyl (C=O) groups excluding carboxylic acids is 1. The van der Waals surface area contributed by atoms with Crippen molar-refractivity contribution in [2.24, 2.45) is 0 Å². The minimum atomic E-state index is -0.428. The van der Waals surface area contributed by atoms with Gasteiger partial charge >= 0.3 is 5.97 Å². The molecule has 0 aliphatic carbocycles. The monoisotopic (exact) mass is 337 g/mol. The highest BCUT2D eigenvalue weighted by Crippen LogP contribution is 2.20. The summed E-state index contributed by atoms with van der Waals surface area (Å²) < 4.78 is 7.72. The molecule has 0 fully saturated rings. The van der Waals surface area contributed by atoms with Crippen molar-refractivity contribution in [2.75, 3.05) is 5.73 Å². The van der Waals surface area contributed by atoms with Crippen LogP contribution in [0.25, 0.3) is 0 Å². The number of anilines is 1. The Morgan fingerprint density at radius 3 is 2.85 bits per heavy atom. The minimum Gasteiger partial charge on any atom is -0.455 e. The molecule has 2 rings (SSSR count). The van der Waals surface area contributed by atoms with Gasteiger partial charge in [0, 0.05) is 22.4 Å². The standard InChI is InChI=1S/C14H16BrN3O2/c1-9(2)18-6-5-11(17-18)8-20-14(19)12-7-10(16)3-4-13(12)15/h3-7,9H,8,16H2,1-2H3. The summed E-state index contributed by atoms with van der Waals surface area (Å²) in [5.74, 6) is -0.428. The summed E-state index contributed by atoms with van der Waals surface area (Å²) >= 11 is 3.30. The minimum absolute atomic E-state index is 0.139. The summed E-state index contributed by atoms with van der Waals surface area (Å²) in [6, 6.07) is 7.13. The molecule has 0 bridgehead atoms. The molecule has 0 amide bonds. The number of nitrogens with two attached hydrogens (primary N) is 1. The lowest BCUT2D eigenvalue weighted by molar-refractivity contribution is 0.0466. The molecule has 0 aliphatic heterocycles. The quantitative estimate of drug-likeness (QED) is 0.687. The summed E-state index contributed by atoms with van der Waals surface area (Å²) in [5, 5.41) is 4.32. The predicted octanol–water partition coefficient (Wildman–Crippen LogP) is 3.17. The zero-order valence-electron chi connectivity index (χ0n) is 11.3. The molecule has 1 heterocycles. The fraction of sp³-hybridized carbons (Fsp3) is 0.286. The summed E-state index contributed by atoms with van der Waals surface area (Å²) in [6.45, 7) is 4.21. The highest BCUT2D eigenvalue weighted by atomic mass is 79.9. The lowest BCUT2D eigenvalue weighted by atomic mass is 10.2. The zero-order valence-corrected chi connectivity index (χ0v) is 12.9.